The Bertz CT molecular complexity index is 1130. The smallest absolute Gasteiger partial charge is 0.307 e. The third-order valence-electron chi connectivity index (χ3n) is 6.22. The number of nitrogens with zero attached hydrogens (tertiary/aromatic N) is 1. The minimum Gasteiger partial charge on any atom is -0.307 e. The van der Waals surface area contributed by atoms with Gasteiger partial charge in [0.1, 0.15) is 0 Å². The van der Waals surface area contributed by atoms with Crippen LogP contribution in [-0.4, -0.2) is 18.0 Å². The molecule has 3 aromatic carbocycles. The fourth-order valence-corrected chi connectivity index (χ4v) is 4.44. The minimum absolute atomic E-state index is 0.0727. The zero-order chi connectivity index (χ0) is 22.5. The summed E-state index contributed by atoms with van der Waals surface area (Å²) >= 11 is 0. The highest BCUT2D eigenvalue weighted by Crippen LogP contribution is 2.27. The Labute approximate surface area is 189 Å². The molecule has 0 heterocycles. The van der Waals surface area contributed by atoms with Crippen molar-refractivity contribution in [2.24, 2.45) is 0 Å². The van der Waals surface area contributed by atoms with Gasteiger partial charge in [0, 0.05) is 5.69 Å². The molecule has 0 aliphatic heterocycles. The molecule has 5 heteroatoms. The normalized spacial score (nSPS) is 14.2. The van der Waals surface area contributed by atoms with Crippen LogP contribution >= 0.6 is 0 Å². The summed E-state index contributed by atoms with van der Waals surface area (Å²) in [6.45, 7) is 4.04. The van der Waals surface area contributed by atoms with Crippen molar-refractivity contribution in [2.75, 3.05) is 10.6 Å². The van der Waals surface area contributed by atoms with Crippen molar-refractivity contribution in [3.8, 4) is 0 Å². The van der Waals surface area contributed by atoms with Gasteiger partial charge in [-0.25, -0.2) is 10.1 Å². The number of urea groups is 1. The molecule has 0 unspecified atom stereocenters. The molecule has 0 saturated heterocycles. The first-order valence-corrected chi connectivity index (χ1v) is 11.5. The molecule has 1 aliphatic rings. The van der Waals surface area contributed by atoms with Crippen molar-refractivity contribution < 1.29 is 9.59 Å². The van der Waals surface area contributed by atoms with Gasteiger partial charge in [0.05, 0.1) is 17.3 Å². The summed E-state index contributed by atoms with van der Waals surface area (Å²) in [5.41, 5.74) is 3.80. The number of hydrogen-bond acceptors (Lipinski definition) is 2. The maximum absolute atomic E-state index is 13.1. The van der Waals surface area contributed by atoms with E-state index in [1.807, 2.05) is 61.5 Å². The Kier molecular flexibility index (Phi) is 6.74. The number of carbonyl (C=O) groups excluding carboxylic acids is 2. The van der Waals surface area contributed by atoms with Gasteiger partial charge in [0.25, 0.3) is 5.91 Å². The van der Waals surface area contributed by atoms with Crippen molar-refractivity contribution in [2.45, 2.75) is 58.4 Å². The van der Waals surface area contributed by atoms with E-state index in [2.05, 4.69) is 22.9 Å². The van der Waals surface area contributed by atoms with Crippen LogP contribution in [0.4, 0.5) is 16.2 Å². The van der Waals surface area contributed by atoms with Gasteiger partial charge in [0.15, 0.2) is 0 Å². The topological polar surface area (TPSA) is 72.3 Å². The van der Waals surface area contributed by atoms with Crippen LogP contribution in [-0.2, 0) is 6.42 Å². The molecule has 0 aromatic heterocycles. The number of carbonyl (C=O) groups is 2. The largest absolute Gasteiger partial charge is 0.323 e. The third kappa shape index (κ3) is 4.93. The summed E-state index contributed by atoms with van der Waals surface area (Å²) in [6, 6.07) is 17.2. The monoisotopic (exact) mass is 428 g/mol. The van der Waals surface area contributed by atoms with Crippen molar-refractivity contribution in [1.82, 2.24) is 5.32 Å². The first-order valence-electron chi connectivity index (χ1n) is 11.5. The SMILES string of the molecule is CCc1cccc(C)c1NC(=O)Nc1cc2ccccc2cc1C(=O)[N]C1CCCCC1. The second kappa shape index (κ2) is 9.86. The summed E-state index contributed by atoms with van der Waals surface area (Å²) in [5, 5.41) is 12.3. The van der Waals surface area contributed by atoms with Gasteiger partial charge in [-0.3, -0.25) is 4.79 Å². The molecular weight excluding hydrogens is 398 g/mol. The van der Waals surface area contributed by atoms with Crippen LogP contribution in [0.15, 0.2) is 54.6 Å². The Morgan fingerprint density at radius 1 is 0.938 bits per heavy atom. The zero-order valence-corrected chi connectivity index (χ0v) is 18.8. The molecule has 3 aromatic rings. The highest BCUT2D eigenvalue weighted by Gasteiger charge is 2.22. The first-order chi connectivity index (χ1) is 15.5. The van der Waals surface area contributed by atoms with Gasteiger partial charge in [0.2, 0.25) is 0 Å². The summed E-state index contributed by atoms with van der Waals surface area (Å²) in [5.74, 6) is -0.261. The molecule has 165 valence electrons. The van der Waals surface area contributed by atoms with Crippen LogP contribution in [0.25, 0.3) is 10.8 Å². The van der Waals surface area contributed by atoms with Gasteiger partial charge in [-0.05, 0) is 60.2 Å². The second-order valence-electron chi connectivity index (χ2n) is 8.51. The molecule has 1 aliphatic carbocycles. The molecule has 0 bridgehead atoms. The average Bonchev–Trinajstić information content (AvgIpc) is 2.80. The highest BCUT2D eigenvalue weighted by atomic mass is 16.2. The summed E-state index contributed by atoms with van der Waals surface area (Å²) < 4.78 is 0. The van der Waals surface area contributed by atoms with Crippen molar-refractivity contribution in [1.29, 1.82) is 0 Å². The van der Waals surface area contributed by atoms with Crippen LogP contribution in [0.2, 0.25) is 0 Å². The standard InChI is InChI=1S/C27H30N3O2/c1-3-19-13-9-10-18(2)25(19)30-27(32)29-24-17-21-12-8-7-11-20(21)16-23(24)26(31)28-22-14-5-4-6-15-22/h7-13,16-17,22H,3-6,14-15H2,1-2H3,(H2,29,30,32). The number of nitrogens with one attached hydrogen (secondary N) is 2. The molecule has 5 nitrogen and oxygen atoms in total. The predicted octanol–water partition coefficient (Wildman–Crippen LogP) is 6.43. The number of anilines is 2. The van der Waals surface area contributed by atoms with Crippen LogP contribution < -0.4 is 16.0 Å². The molecular formula is C27H30N3O2. The number of aryl methyl sites for hydroxylation is 2. The molecule has 2 N–H and O–H groups in total. The van der Waals surface area contributed by atoms with E-state index >= 15 is 0 Å². The van der Waals surface area contributed by atoms with Crippen molar-refractivity contribution >= 4 is 34.1 Å². The number of rotatable bonds is 5. The van der Waals surface area contributed by atoms with Crippen molar-refractivity contribution in [3.05, 3.63) is 71.3 Å². The molecule has 1 fully saturated rings. The average molecular weight is 429 g/mol. The molecule has 3 amide bonds. The fraction of sp³-hybridized carbons (Fsp3) is 0.333. The lowest BCUT2D eigenvalue weighted by molar-refractivity contribution is 0.0922. The van der Waals surface area contributed by atoms with Crippen molar-refractivity contribution in [3.63, 3.8) is 0 Å². The number of benzene rings is 3. The van der Waals surface area contributed by atoms with E-state index in [0.717, 1.165) is 59.7 Å². The Morgan fingerprint density at radius 2 is 1.66 bits per heavy atom. The van der Waals surface area contributed by atoms with Crippen LogP contribution in [0.5, 0.6) is 0 Å². The fourth-order valence-electron chi connectivity index (χ4n) is 4.44. The maximum atomic E-state index is 13.1. The lowest BCUT2D eigenvalue weighted by atomic mass is 9.95. The maximum Gasteiger partial charge on any atom is 0.323 e. The van der Waals surface area contributed by atoms with Gasteiger partial charge in [-0.1, -0.05) is 68.7 Å². The van der Waals surface area contributed by atoms with Gasteiger partial charge >= 0.3 is 6.03 Å². The highest BCUT2D eigenvalue weighted by molar-refractivity contribution is 6.09. The van der Waals surface area contributed by atoms with Crippen LogP contribution in [0.1, 0.15) is 60.5 Å². The van der Waals surface area contributed by atoms with E-state index in [9.17, 15) is 9.59 Å². The summed E-state index contributed by atoms with van der Waals surface area (Å²) in [6.07, 6.45) is 6.16. The molecule has 1 saturated carbocycles. The first kappa shape index (κ1) is 21.9. The van der Waals surface area contributed by atoms with Gasteiger partial charge in [-0.2, -0.15) is 0 Å². The Balaban J connectivity index is 1.61. The van der Waals surface area contributed by atoms with E-state index in [0.29, 0.717) is 11.3 Å². The Hall–Kier alpha value is -3.34. The third-order valence-corrected chi connectivity index (χ3v) is 6.22. The lowest BCUT2D eigenvalue weighted by Gasteiger charge is -2.21. The summed E-state index contributed by atoms with van der Waals surface area (Å²) in [4.78, 5) is 26.1. The van der Waals surface area contributed by atoms with Gasteiger partial charge in [-0.15, -0.1) is 0 Å². The van der Waals surface area contributed by atoms with Crippen LogP contribution in [0.3, 0.4) is 0 Å². The van der Waals surface area contributed by atoms with E-state index in [1.165, 1.54) is 6.42 Å². The molecule has 1 radical (unpaired) electrons. The van der Waals surface area contributed by atoms with E-state index in [4.69, 9.17) is 0 Å². The number of hydrogen-bond donors (Lipinski definition) is 2. The van der Waals surface area contributed by atoms with Gasteiger partial charge < -0.3 is 10.6 Å². The minimum atomic E-state index is -0.365. The number of amides is 3. The second-order valence-corrected chi connectivity index (χ2v) is 8.51. The number of para-hydroxylation sites is 1. The quantitative estimate of drug-likeness (QED) is 0.491. The van der Waals surface area contributed by atoms with E-state index < -0.39 is 0 Å². The Morgan fingerprint density at radius 3 is 2.38 bits per heavy atom. The lowest BCUT2D eigenvalue weighted by Crippen LogP contribution is -2.31. The molecule has 0 spiro atoms. The predicted molar refractivity (Wildman–Crippen MR) is 130 cm³/mol. The zero-order valence-electron chi connectivity index (χ0n) is 18.8. The van der Waals surface area contributed by atoms with E-state index in [1.54, 1.807) is 0 Å². The van der Waals surface area contributed by atoms with Crippen LogP contribution in [0, 0.1) is 6.92 Å². The molecule has 4 rings (SSSR count). The molecule has 32 heavy (non-hydrogen) atoms. The number of fused-ring (bicyclic) bond motifs is 1. The van der Waals surface area contributed by atoms with E-state index in [-0.39, 0.29) is 18.0 Å². The summed E-state index contributed by atoms with van der Waals surface area (Å²) in [7, 11) is 0. The molecule has 0 atom stereocenters.